The molecule has 1 heterocycles. The maximum Gasteiger partial charge on any atom is 0.123 e. The van der Waals surface area contributed by atoms with E-state index in [2.05, 4.69) is 58.2 Å². The summed E-state index contributed by atoms with van der Waals surface area (Å²) in [6.45, 7) is 0.702. The Bertz CT molecular complexity index is 752. The Kier molecular flexibility index (Phi) is 4.24. The van der Waals surface area contributed by atoms with Crippen molar-refractivity contribution in [1.82, 2.24) is 9.78 Å². The Balaban J connectivity index is 1.87. The molecule has 106 valence electrons. The topological polar surface area (TPSA) is 27.1 Å². The lowest BCUT2D eigenvalue weighted by molar-refractivity contribution is 0.407. The molecule has 3 rings (SSSR count). The van der Waals surface area contributed by atoms with Gasteiger partial charge in [0.15, 0.2) is 0 Å². The van der Waals surface area contributed by atoms with E-state index >= 15 is 0 Å². The molecule has 3 aromatic rings. The number of aromatic nitrogens is 2. The van der Waals surface area contributed by atoms with Crippen molar-refractivity contribution in [2.45, 2.75) is 6.54 Å². The van der Waals surface area contributed by atoms with Crippen LogP contribution in [0.25, 0.3) is 11.1 Å². The van der Waals surface area contributed by atoms with Gasteiger partial charge < -0.3 is 4.74 Å². The van der Waals surface area contributed by atoms with Gasteiger partial charge in [-0.3, -0.25) is 4.68 Å². The van der Waals surface area contributed by atoms with E-state index in [0.29, 0.717) is 6.54 Å². The number of methoxy groups -OCH3 is 1. The lowest BCUT2D eigenvalue weighted by Crippen LogP contribution is -2.01. The summed E-state index contributed by atoms with van der Waals surface area (Å²) in [5, 5.41) is 4.46. The molecule has 0 radical (unpaired) electrons. The van der Waals surface area contributed by atoms with E-state index in [1.54, 1.807) is 7.11 Å². The molecule has 0 aliphatic rings. The smallest absolute Gasteiger partial charge is 0.123 e. The predicted octanol–water partition coefficient (Wildman–Crippen LogP) is 4.21. The molecule has 0 saturated heterocycles. The molecule has 0 amide bonds. The number of nitrogens with zero attached hydrogens (tertiary/aromatic N) is 2. The van der Waals surface area contributed by atoms with Gasteiger partial charge in [-0.2, -0.15) is 5.10 Å². The lowest BCUT2D eigenvalue weighted by atomic mass is 10.1. The number of benzene rings is 2. The molecule has 0 N–H and O–H groups in total. The number of ether oxygens (including phenoxy) is 1. The van der Waals surface area contributed by atoms with Crippen LogP contribution in [0.15, 0.2) is 60.9 Å². The molecule has 1 aromatic heterocycles. The van der Waals surface area contributed by atoms with E-state index in [0.717, 1.165) is 16.9 Å². The molecule has 4 heteroatoms. The second-order valence-electron chi connectivity index (χ2n) is 4.72. The summed E-state index contributed by atoms with van der Waals surface area (Å²) < 4.78 is 8.56. The number of rotatable bonds is 4. The van der Waals surface area contributed by atoms with E-state index in [-0.39, 0.29) is 0 Å². The highest BCUT2D eigenvalue weighted by Gasteiger charge is 2.07. The monoisotopic (exact) mass is 390 g/mol. The quantitative estimate of drug-likeness (QED) is 0.624. The van der Waals surface area contributed by atoms with Gasteiger partial charge in [-0.1, -0.05) is 36.4 Å². The fraction of sp³-hybridized carbons (Fsp3) is 0.118. The van der Waals surface area contributed by atoms with E-state index in [1.165, 1.54) is 9.13 Å². The van der Waals surface area contributed by atoms with E-state index in [1.807, 2.05) is 35.1 Å². The van der Waals surface area contributed by atoms with Gasteiger partial charge in [0.2, 0.25) is 0 Å². The van der Waals surface area contributed by atoms with Gasteiger partial charge in [0.25, 0.3) is 0 Å². The molecular weight excluding hydrogens is 375 g/mol. The van der Waals surface area contributed by atoms with E-state index < -0.39 is 0 Å². The summed E-state index contributed by atoms with van der Waals surface area (Å²) >= 11 is 2.35. The summed E-state index contributed by atoms with van der Waals surface area (Å²) in [4.78, 5) is 0. The van der Waals surface area contributed by atoms with Crippen LogP contribution in [0.2, 0.25) is 0 Å². The highest BCUT2D eigenvalue weighted by Crippen LogP contribution is 2.25. The summed E-state index contributed by atoms with van der Waals surface area (Å²) in [7, 11) is 1.69. The first-order valence-electron chi connectivity index (χ1n) is 6.67. The third-order valence-corrected chi connectivity index (χ3v) is 4.28. The fourth-order valence-electron chi connectivity index (χ4n) is 2.29. The highest BCUT2D eigenvalue weighted by molar-refractivity contribution is 14.1. The molecule has 3 nitrogen and oxygen atoms in total. The molecule has 0 aliphatic carbocycles. The van der Waals surface area contributed by atoms with E-state index in [9.17, 15) is 0 Å². The zero-order chi connectivity index (χ0) is 14.7. The fourth-order valence-corrected chi connectivity index (χ4v) is 2.99. The van der Waals surface area contributed by atoms with Crippen LogP contribution < -0.4 is 4.74 Å². The van der Waals surface area contributed by atoms with Gasteiger partial charge in [0.05, 0.1) is 19.9 Å². The Labute approximate surface area is 137 Å². The first kappa shape index (κ1) is 14.1. The third-order valence-electron chi connectivity index (χ3n) is 3.34. The van der Waals surface area contributed by atoms with Crippen LogP contribution in [0.3, 0.4) is 0 Å². The molecule has 0 aliphatic heterocycles. The zero-order valence-corrected chi connectivity index (χ0v) is 13.8. The van der Waals surface area contributed by atoms with Crippen molar-refractivity contribution in [2.24, 2.45) is 0 Å². The van der Waals surface area contributed by atoms with Crippen molar-refractivity contribution in [3.63, 3.8) is 0 Å². The SMILES string of the molecule is COc1ccccc1Cn1cc(-c2ccccc2I)cn1. The van der Waals surface area contributed by atoms with Gasteiger partial charge in [-0.05, 0) is 40.3 Å². The second-order valence-corrected chi connectivity index (χ2v) is 5.88. The van der Waals surface area contributed by atoms with Crippen LogP contribution in [0.1, 0.15) is 5.56 Å². The van der Waals surface area contributed by atoms with Crippen molar-refractivity contribution >= 4 is 22.6 Å². The highest BCUT2D eigenvalue weighted by atomic mass is 127. The van der Waals surface area contributed by atoms with Crippen LogP contribution in [0.5, 0.6) is 5.75 Å². The standard InChI is InChI=1S/C17H15IN2O/c1-21-17-9-5-2-6-13(17)11-20-12-14(10-19-20)15-7-3-4-8-16(15)18/h2-10,12H,11H2,1H3. The Morgan fingerprint density at radius 3 is 2.67 bits per heavy atom. The number of hydrogen-bond acceptors (Lipinski definition) is 2. The lowest BCUT2D eigenvalue weighted by Gasteiger charge is -2.07. The maximum atomic E-state index is 5.39. The van der Waals surface area contributed by atoms with Crippen LogP contribution >= 0.6 is 22.6 Å². The van der Waals surface area contributed by atoms with Gasteiger partial charge >= 0.3 is 0 Å². The van der Waals surface area contributed by atoms with Gasteiger partial charge in [-0.15, -0.1) is 0 Å². The minimum atomic E-state index is 0.702. The maximum absolute atomic E-state index is 5.39. The molecule has 0 atom stereocenters. The minimum absolute atomic E-state index is 0.702. The third kappa shape index (κ3) is 3.10. The Morgan fingerprint density at radius 2 is 1.86 bits per heavy atom. The summed E-state index contributed by atoms with van der Waals surface area (Å²) in [6.07, 6.45) is 3.98. The number of para-hydroxylation sites is 1. The minimum Gasteiger partial charge on any atom is -0.496 e. The largest absolute Gasteiger partial charge is 0.496 e. The summed E-state index contributed by atoms with van der Waals surface area (Å²) in [5.41, 5.74) is 3.47. The molecule has 0 bridgehead atoms. The summed E-state index contributed by atoms with van der Waals surface area (Å²) in [5.74, 6) is 0.892. The van der Waals surface area contributed by atoms with Crippen molar-refractivity contribution in [3.05, 3.63) is 70.1 Å². The van der Waals surface area contributed by atoms with Crippen molar-refractivity contribution in [2.75, 3.05) is 7.11 Å². The molecule has 0 spiro atoms. The average Bonchev–Trinajstić information content (AvgIpc) is 2.96. The first-order chi connectivity index (χ1) is 10.3. The number of halogens is 1. The van der Waals surface area contributed by atoms with E-state index in [4.69, 9.17) is 4.74 Å². The number of hydrogen-bond donors (Lipinski definition) is 0. The molecule has 0 fully saturated rings. The second kappa shape index (κ2) is 6.30. The van der Waals surface area contributed by atoms with Gasteiger partial charge in [-0.25, -0.2) is 0 Å². The Hall–Kier alpha value is -1.82. The normalized spacial score (nSPS) is 10.6. The van der Waals surface area contributed by atoms with Crippen molar-refractivity contribution in [3.8, 4) is 16.9 Å². The van der Waals surface area contributed by atoms with Crippen LogP contribution in [0, 0.1) is 3.57 Å². The first-order valence-corrected chi connectivity index (χ1v) is 7.75. The molecule has 2 aromatic carbocycles. The van der Waals surface area contributed by atoms with Crippen molar-refractivity contribution < 1.29 is 4.74 Å². The van der Waals surface area contributed by atoms with Crippen LogP contribution in [-0.4, -0.2) is 16.9 Å². The molecular formula is C17H15IN2O. The van der Waals surface area contributed by atoms with Gasteiger partial charge in [0, 0.05) is 20.9 Å². The van der Waals surface area contributed by atoms with Crippen molar-refractivity contribution in [1.29, 1.82) is 0 Å². The van der Waals surface area contributed by atoms with Gasteiger partial charge in [0.1, 0.15) is 5.75 Å². The Morgan fingerprint density at radius 1 is 1.10 bits per heavy atom. The predicted molar refractivity (Wildman–Crippen MR) is 92.5 cm³/mol. The molecule has 21 heavy (non-hydrogen) atoms. The molecule has 0 saturated carbocycles. The summed E-state index contributed by atoms with van der Waals surface area (Å²) in [6, 6.07) is 16.3. The average molecular weight is 390 g/mol. The molecule has 0 unspecified atom stereocenters. The van der Waals surface area contributed by atoms with Crippen LogP contribution in [0.4, 0.5) is 0 Å². The zero-order valence-electron chi connectivity index (χ0n) is 11.7. The van der Waals surface area contributed by atoms with Crippen LogP contribution in [-0.2, 0) is 6.54 Å².